The summed E-state index contributed by atoms with van der Waals surface area (Å²) in [7, 11) is 1.55. The third-order valence-corrected chi connectivity index (χ3v) is 4.70. The molecule has 1 heterocycles. The number of carbonyl (C=O) groups excluding carboxylic acids is 1. The van der Waals surface area contributed by atoms with Gasteiger partial charge in [-0.25, -0.2) is 4.79 Å². The Labute approximate surface area is 162 Å². The third kappa shape index (κ3) is 3.83. The second-order valence-corrected chi connectivity index (χ2v) is 6.87. The van der Waals surface area contributed by atoms with Crippen LogP contribution in [0.15, 0.2) is 59.4 Å². The number of nitrogens with one attached hydrogen (secondary N) is 1. The molecule has 7 heteroatoms. The minimum Gasteiger partial charge on any atom is -0.494 e. The van der Waals surface area contributed by atoms with E-state index in [-0.39, 0.29) is 24.2 Å². The Bertz CT molecular complexity index is 1040. The maximum absolute atomic E-state index is 13.1. The number of hydrogen-bond acceptors (Lipinski definition) is 4. The topological polar surface area (TPSA) is 78.2 Å². The minimum absolute atomic E-state index is 0.0490. The normalized spacial score (nSPS) is 13.3. The molecule has 0 spiro atoms. The Morgan fingerprint density at radius 1 is 1.14 bits per heavy atom. The van der Waals surface area contributed by atoms with E-state index >= 15 is 0 Å². The number of para-hydroxylation sites is 2. The highest BCUT2D eigenvalue weighted by Crippen LogP contribution is 2.21. The summed E-state index contributed by atoms with van der Waals surface area (Å²) < 4.78 is 8.12. The minimum atomic E-state index is -0.360. The number of carbonyl (C=O) groups is 1. The van der Waals surface area contributed by atoms with Crippen molar-refractivity contribution in [3.63, 3.8) is 0 Å². The van der Waals surface area contributed by atoms with Gasteiger partial charge in [0.25, 0.3) is 0 Å². The monoisotopic (exact) mass is 378 g/mol. The van der Waals surface area contributed by atoms with E-state index in [1.165, 1.54) is 9.25 Å². The summed E-state index contributed by atoms with van der Waals surface area (Å²) >= 11 is 0. The zero-order valence-corrected chi connectivity index (χ0v) is 15.7. The summed E-state index contributed by atoms with van der Waals surface area (Å²) in [6, 6.07) is 17.2. The lowest BCUT2D eigenvalue weighted by Crippen LogP contribution is -2.34. The van der Waals surface area contributed by atoms with Crippen molar-refractivity contribution in [3.8, 4) is 11.4 Å². The summed E-state index contributed by atoms with van der Waals surface area (Å²) in [5.74, 6) is 0.912. The molecule has 0 atom stereocenters. The average Bonchev–Trinajstić information content (AvgIpc) is 3.48. The first kappa shape index (κ1) is 18.0. The lowest BCUT2D eigenvalue weighted by Gasteiger charge is -2.07. The Morgan fingerprint density at radius 3 is 2.57 bits per heavy atom. The number of methoxy groups -OCH3 is 1. The molecular formula is C21H22N4O3. The van der Waals surface area contributed by atoms with E-state index in [0.717, 1.165) is 18.4 Å². The fourth-order valence-electron chi connectivity index (χ4n) is 3.11. The SMILES string of the molecule is COc1ccccc1-n1nc(Cc2ccccc2)n(CC(=O)NC2CC2)c1=O. The van der Waals surface area contributed by atoms with Crippen LogP contribution < -0.4 is 15.7 Å². The molecule has 0 radical (unpaired) electrons. The van der Waals surface area contributed by atoms with E-state index in [4.69, 9.17) is 4.74 Å². The van der Waals surface area contributed by atoms with Gasteiger partial charge in [0.05, 0.1) is 7.11 Å². The Hall–Kier alpha value is -3.35. The Kier molecular flexibility index (Phi) is 4.97. The van der Waals surface area contributed by atoms with Crippen LogP contribution in [0.5, 0.6) is 5.75 Å². The van der Waals surface area contributed by atoms with E-state index in [1.54, 1.807) is 19.2 Å². The summed E-state index contributed by atoms with van der Waals surface area (Å²) in [5.41, 5.74) is 1.20. The van der Waals surface area contributed by atoms with Crippen LogP contribution in [-0.2, 0) is 17.8 Å². The average molecular weight is 378 g/mol. The van der Waals surface area contributed by atoms with Gasteiger partial charge < -0.3 is 10.1 Å². The highest BCUT2D eigenvalue weighted by Gasteiger charge is 2.25. The number of aromatic nitrogens is 3. The summed E-state index contributed by atoms with van der Waals surface area (Å²) in [6.07, 6.45) is 2.45. The Balaban J connectivity index is 1.74. The number of amides is 1. The van der Waals surface area contributed by atoms with E-state index in [2.05, 4.69) is 10.4 Å². The fourth-order valence-corrected chi connectivity index (χ4v) is 3.11. The summed E-state index contributed by atoms with van der Waals surface area (Å²) in [5, 5.41) is 7.47. The van der Waals surface area contributed by atoms with Gasteiger partial charge in [-0.05, 0) is 30.5 Å². The molecular weight excluding hydrogens is 356 g/mol. The second-order valence-electron chi connectivity index (χ2n) is 6.87. The van der Waals surface area contributed by atoms with E-state index in [9.17, 15) is 9.59 Å². The lowest BCUT2D eigenvalue weighted by molar-refractivity contribution is -0.121. The molecule has 1 aliphatic rings. The fraction of sp³-hybridized carbons (Fsp3) is 0.286. The highest BCUT2D eigenvalue weighted by molar-refractivity contribution is 5.76. The molecule has 0 bridgehead atoms. The van der Waals surface area contributed by atoms with Crippen LogP contribution in [0.4, 0.5) is 0 Å². The number of benzene rings is 2. The van der Waals surface area contributed by atoms with Gasteiger partial charge in [0.1, 0.15) is 23.8 Å². The molecule has 2 aromatic carbocycles. The molecule has 0 aliphatic heterocycles. The van der Waals surface area contributed by atoms with Gasteiger partial charge in [-0.1, -0.05) is 42.5 Å². The molecule has 1 aliphatic carbocycles. The number of rotatable bonds is 7. The number of hydrogen-bond donors (Lipinski definition) is 1. The van der Waals surface area contributed by atoms with Gasteiger partial charge in [-0.15, -0.1) is 5.10 Å². The zero-order chi connectivity index (χ0) is 19.5. The predicted octanol–water partition coefficient (Wildman–Crippen LogP) is 1.91. The van der Waals surface area contributed by atoms with Gasteiger partial charge >= 0.3 is 5.69 Å². The first-order valence-electron chi connectivity index (χ1n) is 9.31. The van der Waals surface area contributed by atoms with Crippen LogP contribution in [0.1, 0.15) is 24.2 Å². The predicted molar refractivity (Wildman–Crippen MR) is 105 cm³/mol. The zero-order valence-electron chi connectivity index (χ0n) is 15.7. The molecule has 1 saturated carbocycles. The summed E-state index contributed by atoms with van der Waals surface area (Å²) in [6.45, 7) is -0.0490. The van der Waals surface area contributed by atoms with Gasteiger partial charge in [0.15, 0.2) is 0 Å². The number of ether oxygens (including phenoxy) is 1. The van der Waals surface area contributed by atoms with Gasteiger partial charge in [0, 0.05) is 12.5 Å². The van der Waals surface area contributed by atoms with Crippen LogP contribution in [0.2, 0.25) is 0 Å². The van der Waals surface area contributed by atoms with E-state index in [0.29, 0.717) is 23.7 Å². The van der Waals surface area contributed by atoms with Crippen LogP contribution in [0, 0.1) is 0 Å². The van der Waals surface area contributed by atoms with Crippen molar-refractivity contribution in [2.75, 3.05) is 7.11 Å². The molecule has 144 valence electrons. The van der Waals surface area contributed by atoms with Gasteiger partial charge in [-0.2, -0.15) is 4.68 Å². The van der Waals surface area contributed by atoms with Crippen molar-refractivity contribution in [2.45, 2.75) is 31.8 Å². The first-order valence-corrected chi connectivity index (χ1v) is 9.31. The quantitative estimate of drug-likeness (QED) is 0.681. The molecule has 0 saturated heterocycles. The van der Waals surface area contributed by atoms with Crippen LogP contribution >= 0.6 is 0 Å². The highest BCUT2D eigenvalue weighted by atomic mass is 16.5. The lowest BCUT2D eigenvalue weighted by atomic mass is 10.1. The molecule has 3 aromatic rings. The first-order chi connectivity index (χ1) is 13.7. The van der Waals surface area contributed by atoms with Crippen molar-refractivity contribution >= 4 is 5.91 Å². The largest absolute Gasteiger partial charge is 0.494 e. The van der Waals surface area contributed by atoms with Crippen molar-refractivity contribution in [1.29, 1.82) is 0 Å². The summed E-state index contributed by atoms with van der Waals surface area (Å²) in [4.78, 5) is 25.5. The van der Waals surface area contributed by atoms with E-state index < -0.39 is 0 Å². The molecule has 1 N–H and O–H groups in total. The Morgan fingerprint density at radius 2 is 1.86 bits per heavy atom. The van der Waals surface area contributed by atoms with Crippen LogP contribution in [-0.4, -0.2) is 33.4 Å². The van der Waals surface area contributed by atoms with Crippen LogP contribution in [0.3, 0.4) is 0 Å². The second kappa shape index (κ2) is 7.72. The molecule has 28 heavy (non-hydrogen) atoms. The van der Waals surface area contributed by atoms with Crippen molar-refractivity contribution in [3.05, 3.63) is 76.5 Å². The van der Waals surface area contributed by atoms with E-state index in [1.807, 2.05) is 42.5 Å². The molecule has 1 fully saturated rings. The van der Waals surface area contributed by atoms with Crippen LogP contribution in [0.25, 0.3) is 5.69 Å². The maximum atomic E-state index is 13.1. The van der Waals surface area contributed by atoms with Gasteiger partial charge in [-0.3, -0.25) is 9.36 Å². The molecule has 1 aromatic heterocycles. The van der Waals surface area contributed by atoms with Crippen molar-refractivity contribution in [1.82, 2.24) is 19.7 Å². The van der Waals surface area contributed by atoms with Gasteiger partial charge in [0.2, 0.25) is 5.91 Å². The molecule has 4 rings (SSSR count). The van der Waals surface area contributed by atoms with Crippen molar-refractivity contribution < 1.29 is 9.53 Å². The smallest absolute Gasteiger partial charge is 0.351 e. The molecule has 7 nitrogen and oxygen atoms in total. The molecule has 0 unspecified atom stereocenters. The number of nitrogens with zero attached hydrogens (tertiary/aromatic N) is 3. The standard InChI is InChI=1S/C21H22N4O3/c1-28-18-10-6-5-9-17(18)25-21(27)24(14-20(26)22-16-11-12-16)19(23-25)13-15-7-3-2-4-8-15/h2-10,16H,11-14H2,1H3,(H,22,26). The molecule has 1 amide bonds. The van der Waals surface area contributed by atoms with Crippen molar-refractivity contribution in [2.24, 2.45) is 0 Å². The maximum Gasteiger partial charge on any atom is 0.351 e. The third-order valence-electron chi connectivity index (χ3n) is 4.70.